The molecule has 166 valence electrons. The number of anilines is 2. The van der Waals surface area contributed by atoms with Crippen LogP contribution in [0.4, 0.5) is 15.8 Å². The molecule has 1 fully saturated rings. The van der Waals surface area contributed by atoms with Crippen molar-refractivity contribution < 1.29 is 14.0 Å². The first-order chi connectivity index (χ1) is 16.1. The van der Waals surface area contributed by atoms with Crippen molar-refractivity contribution in [2.24, 2.45) is 0 Å². The maximum Gasteiger partial charge on any atom is 0.272 e. The maximum absolute atomic E-state index is 13.5. The van der Waals surface area contributed by atoms with Gasteiger partial charge in [-0.3, -0.25) is 9.59 Å². The summed E-state index contributed by atoms with van der Waals surface area (Å²) in [6, 6.07) is 22.8. The molecule has 2 amide bonds. The Morgan fingerprint density at radius 3 is 2.00 bits per heavy atom. The highest BCUT2D eigenvalue weighted by Crippen LogP contribution is 2.41. The molecule has 0 unspecified atom stereocenters. The molecule has 4 nitrogen and oxygen atoms in total. The Kier molecular flexibility index (Phi) is 6.01. The number of rotatable bonds is 5. The van der Waals surface area contributed by atoms with E-state index >= 15 is 0 Å². The normalized spacial score (nSPS) is 16.6. The topological polar surface area (TPSA) is 40.6 Å². The molecular weight excluding hydrogens is 435 g/mol. The number of carbonyl (C=O) groups is 2. The molecule has 0 spiro atoms. The number of hydrogen-bond acceptors (Lipinski definition) is 4. The minimum absolute atomic E-state index is 0.300. The van der Waals surface area contributed by atoms with Crippen LogP contribution < -0.4 is 9.80 Å². The van der Waals surface area contributed by atoms with Gasteiger partial charge < -0.3 is 4.90 Å². The van der Waals surface area contributed by atoms with Crippen LogP contribution in [0.3, 0.4) is 0 Å². The Hall–Kier alpha value is -3.38. The van der Waals surface area contributed by atoms with Crippen molar-refractivity contribution in [3.05, 3.63) is 95.1 Å². The van der Waals surface area contributed by atoms with Crippen molar-refractivity contribution in [3.8, 4) is 0 Å². The van der Waals surface area contributed by atoms with E-state index in [-0.39, 0.29) is 5.91 Å². The highest BCUT2D eigenvalue weighted by Gasteiger charge is 2.40. The van der Waals surface area contributed by atoms with E-state index in [0.717, 1.165) is 23.7 Å². The molecule has 0 radical (unpaired) electrons. The molecule has 3 aromatic rings. The number of hydrogen-bond donors (Lipinski definition) is 0. The average molecular weight is 459 g/mol. The second kappa shape index (κ2) is 9.24. The Labute approximate surface area is 196 Å². The van der Waals surface area contributed by atoms with Crippen molar-refractivity contribution in [2.45, 2.75) is 24.2 Å². The first-order valence-electron chi connectivity index (χ1n) is 11.1. The zero-order chi connectivity index (χ0) is 22.8. The molecule has 2 heterocycles. The van der Waals surface area contributed by atoms with Gasteiger partial charge >= 0.3 is 0 Å². The molecule has 1 saturated heterocycles. The Bertz CT molecular complexity index is 1200. The third kappa shape index (κ3) is 4.31. The lowest BCUT2D eigenvalue weighted by molar-refractivity contribution is -0.119. The summed E-state index contributed by atoms with van der Waals surface area (Å²) in [4.78, 5) is 31.8. The van der Waals surface area contributed by atoms with Crippen LogP contribution in [0.5, 0.6) is 0 Å². The molecule has 2 aliphatic heterocycles. The van der Waals surface area contributed by atoms with Gasteiger partial charge in [-0.05, 0) is 73.4 Å². The highest BCUT2D eigenvalue weighted by molar-refractivity contribution is 8.04. The third-order valence-corrected chi connectivity index (χ3v) is 7.06. The molecule has 3 aromatic carbocycles. The number of piperidine rings is 1. The van der Waals surface area contributed by atoms with Crippen LogP contribution in [0.25, 0.3) is 5.57 Å². The smallest absolute Gasteiger partial charge is 0.272 e. The minimum atomic E-state index is -0.393. The summed E-state index contributed by atoms with van der Waals surface area (Å²) in [5, 5.41) is 0. The fraction of sp³-hybridized carbons (Fsp3) is 0.185. The fourth-order valence-corrected chi connectivity index (χ4v) is 5.30. The zero-order valence-corrected chi connectivity index (χ0v) is 18.9. The van der Waals surface area contributed by atoms with Crippen molar-refractivity contribution in [3.63, 3.8) is 0 Å². The Morgan fingerprint density at radius 1 is 0.697 bits per heavy atom. The van der Waals surface area contributed by atoms with Crippen LogP contribution in [0, 0.1) is 5.82 Å². The van der Waals surface area contributed by atoms with Gasteiger partial charge in [0.2, 0.25) is 0 Å². The number of benzene rings is 3. The lowest BCUT2D eigenvalue weighted by Crippen LogP contribution is -2.32. The van der Waals surface area contributed by atoms with E-state index in [0.29, 0.717) is 21.7 Å². The van der Waals surface area contributed by atoms with Crippen molar-refractivity contribution in [1.82, 2.24) is 0 Å². The second-order valence-electron chi connectivity index (χ2n) is 8.14. The van der Waals surface area contributed by atoms with Gasteiger partial charge in [-0.25, -0.2) is 9.29 Å². The molecular formula is C27H23FN2O2S. The van der Waals surface area contributed by atoms with Crippen LogP contribution in [-0.4, -0.2) is 24.9 Å². The van der Waals surface area contributed by atoms with Gasteiger partial charge in [-0.1, -0.05) is 42.1 Å². The van der Waals surface area contributed by atoms with Gasteiger partial charge in [0.25, 0.3) is 11.8 Å². The predicted octanol–water partition coefficient (Wildman–Crippen LogP) is 5.89. The van der Waals surface area contributed by atoms with Crippen molar-refractivity contribution >= 4 is 40.5 Å². The van der Waals surface area contributed by atoms with E-state index in [9.17, 15) is 14.0 Å². The summed E-state index contributed by atoms with van der Waals surface area (Å²) in [7, 11) is 0. The van der Waals surface area contributed by atoms with Crippen LogP contribution in [0.15, 0.2) is 88.7 Å². The molecule has 0 aromatic heterocycles. The molecule has 0 bridgehead atoms. The van der Waals surface area contributed by atoms with Crippen LogP contribution in [0.1, 0.15) is 24.8 Å². The lowest BCUT2D eigenvalue weighted by atomic mass is 10.1. The largest absolute Gasteiger partial charge is 0.372 e. The van der Waals surface area contributed by atoms with Gasteiger partial charge in [0, 0.05) is 23.7 Å². The van der Waals surface area contributed by atoms with Crippen molar-refractivity contribution in [1.29, 1.82) is 0 Å². The number of carbonyl (C=O) groups excluding carboxylic acids is 2. The third-order valence-electron chi connectivity index (χ3n) is 5.97. The SMILES string of the molecule is O=C1C(Sc2ccccc2)=C(c2ccc(F)cc2)C(=O)N1c1ccc(N2CCCCC2)cc1. The van der Waals surface area contributed by atoms with E-state index in [2.05, 4.69) is 4.90 Å². The number of halogens is 1. The summed E-state index contributed by atoms with van der Waals surface area (Å²) in [5.74, 6) is -1.15. The lowest BCUT2D eigenvalue weighted by Gasteiger charge is -2.29. The minimum Gasteiger partial charge on any atom is -0.372 e. The Balaban J connectivity index is 1.49. The van der Waals surface area contributed by atoms with Gasteiger partial charge in [-0.15, -0.1) is 0 Å². The van der Waals surface area contributed by atoms with E-state index in [1.54, 1.807) is 12.1 Å². The quantitative estimate of drug-likeness (QED) is 0.447. The molecule has 6 heteroatoms. The molecule has 0 saturated carbocycles. The summed E-state index contributed by atoms with van der Waals surface area (Å²) in [6.45, 7) is 2.05. The first-order valence-corrected chi connectivity index (χ1v) is 11.9. The van der Waals surface area contributed by atoms with E-state index < -0.39 is 11.7 Å². The first kappa shape index (κ1) is 21.5. The van der Waals surface area contributed by atoms with Crippen LogP contribution in [0.2, 0.25) is 0 Å². The van der Waals surface area contributed by atoms with E-state index in [1.807, 2.05) is 54.6 Å². The highest BCUT2D eigenvalue weighted by atomic mass is 32.2. The van der Waals surface area contributed by atoms with Gasteiger partial charge in [0.1, 0.15) is 5.82 Å². The van der Waals surface area contributed by atoms with Crippen molar-refractivity contribution in [2.75, 3.05) is 22.9 Å². The van der Waals surface area contributed by atoms with Gasteiger partial charge in [0.15, 0.2) is 0 Å². The monoisotopic (exact) mass is 458 g/mol. The van der Waals surface area contributed by atoms with E-state index in [4.69, 9.17) is 0 Å². The van der Waals surface area contributed by atoms with E-state index in [1.165, 1.54) is 48.1 Å². The predicted molar refractivity (Wildman–Crippen MR) is 131 cm³/mol. The molecule has 0 aliphatic carbocycles. The number of nitrogens with zero attached hydrogens (tertiary/aromatic N) is 2. The zero-order valence-electron chi connectivity index (χ0n) is 18.0. The second-order valence-corrected chi connectivity index (χ2v) is 9.22. The molecule has 33 heavy (non-hydrogen) atoms. The van der Waals surface area contributed by atoms with Crippen LogP contribution in [-0.2, 0) is 9.59 Å². The number of thioether (sulfide) groups is 1. The summed E-state index contributed by atoms with van der Waals surface area (Å²) in [5.41, 5.74) is 2.46. The average Bonchev–Trinajstić information content (AvgIpc) is 3.10. The molecule has 0 N–H and O–H groups in total. The standard InChI is InChI=1S/C27H23FN2O2S/c28-20-11-9-19(10-12-20)24-25(33-23-7-3-1-4-8-23)27(32)30(26(24)31)22-15-13-21(14-16-22)29-17-5-2-6-18-29/h1,3-4,7-16H,2,5-6,17-18H2. The Morgan fingerprint density at radius 2 is 1.33 bits per heavy atom. The molecule has 2 aliphatic rings. The summed E-state index contributed by atoms with van der Waals surface area (Å²) >= 11 is 1.26. The molecule has 0 atom stereocenters. The van der Waals surface area contributed by atoms with Crippen LogP contribution >= 0.6 is 11.8 Å². The number of amides is 2. The molecule has 5 rings (SSSR count). The maximum atomic E-state index is 13.5. The summed E-state index contributed by atoms with van der Waals surface area (Å²) in [6.07, 6.45) is 3.61. The fourth-order valence-electron chi connectivity index (χ4n) is 4.28. The van der Waals surface area contributed by atoms with Gasteiger partial charge in [-0.2, -0.15) is 0 Å². The van der Waals surface area contributed by atoms with Gasteiger partial charge in [0.05, 0.1) is 16.2 Å². The summed E-state index contributed by atoms with van der Waals surface area (Å²) < 4.78 is 13.5. The number of imide groups is 1.